The molecule has 264 valence electrons. The number of ether oxygens (including phenoxy) is 4. The molecule has 2 saturated heterocycles. The Bertz CT molecular complexity index is 2070. The molecule has 13 nitrogen and oxygen atoms in total. The standard InChI is InChI=1S/C38H40N6O7/c1-24-21-43(36(47)41-33(24)46)34-31-32(45)37(51-34,22-44(31)30-19-20-39-35(40-30)42(2)3)23-50-38(25-9-7-6-8-10-25,26-11-15-28(48-4)16-12-26)27-13-17-29(49-5)18-14-27/h6-21,31-32,34,45H,22-23H2,1-5H3,(H,41,46,47)/t31-,32+,34-,37-/m1/s1. The van der Waals surface area contributed by atoms with Crippen LogP contribution in [0.3, 0.4) is 0 Å². The van der Waals surface area contributed by atoms with Crippen molar-refractivity contribution in [3.63, 3.8) is 0 Å². The van der Waals surface area contributed by atoms with Gasteiger partial charge in [0.1, 0.15) is 40.7 Å². The van der Waals surface area contributed by atoms with Gasteiger partial charge in [0.2, 0.25) is 5.95 Å². The zero-order valence-electron chi connectivity index (χ0n) is 29.0. The molecule has 2 aliphatic heterocycles. The van der Waals surface area contributed by atoms with Gasteiger partial charge in [-0.2, -0.15) is 4.98 Å². The normalized spacial score (nSPS) is 21.1. The summed E-state index contributed by atoms with van der Waals surface area (Å²) in [5, 5.41) is 12.3. The van der Waals surface area contributed by atoms with Crippen molar-refractivity contribution in [3.8, 4) is 11.5 Å². The fraction of sp³-hybridized carbons (Fsp3) is 0.316. The van der Waals surface area contributed by atoms with Crippen molar-refractivity contribution in [3.05, 3.63) is 140 Å². The Hall–Kier alpha value is -5.50. The number of anilines is 2. The van der Waals surface area contributed by atoms with Gasteiger partial charge in [0, 0.05) is 32.1 Å². The van der Waals surface area contributed by atoms with Crippen molar-refractivity contribution in [2.45, 2.75) is 36.5 Å². The molecule has 0 radical (unpaired) electrons. The molecule has 0 unspecified atom stereocenters. The van der Waals surface area contributed by atoms with E-state index < -0.39 is 40.8 Å². The van der Waals surface area contributed by atoms with Crippen molar-refractivity contribution in [2.24, 2.45) is 0 Å². The number of morpholine rings is 1. The van der Waals surface area contributed by atoms with Crippen molar-refractivity contribution >= 4 is 11.8 Å². The Kier molecular flexibility index (Phi) is 8.87. The van der Waals surface area contributed by atoms with Gasteiger partial charge in [0.25, 0.3) is 5.56 Å². The number of aryl methyl sites for hydroxylation is 1. The number of hydrogen-bond acceptors (Lipinski definition) is 11. The first-order valence-electron chi connectivity index (χ1n) is 16.5. The van der Waals surface area contributed by atoms with Crippen molar-refractivity contribution in [1.29, 1.82) is 0 Å². The molecule has 2 bridgehead atoms. The summed E-state index contributed by atoms with van der Waals surface area (Å²) in [6.07, 6.45) is 0.977. The number of rotatable bonds is 11. The molecule has 2 aliphatic rings. The molecule has 0 saturated carbocycles. The summed E-state index contributed by atoms with van der Waals surface area (Å²) < 4.78 is 26.3. The van der Waals surface area contributed by atoms with E-state index in [1.165, 1.54) is 10.8 Å². The van der Waals surface area contributed by atoms with Crippen LogP contribution in [-0.2, 0) is 15.1 Å². The number of nitrogens with one attached hydrogen (secondary N) is 1. The Balaban J connectivity index is 1.37. The summed E-state index contributed by atoms with van der Waals surface area (Å²) in [5.41, 5.74) is -0.905. The van der Waals surface area contributed by atoms with E-state index in [9.17, 15) is 14.7 Å². The van der Waals surface area contributed by atoms with Gasteiger partial charge in [-0.1, -0.05) is 54.6 Å². The lowest BCUT2D eigenvalue weighted by molar-refractivity contribution is -0.159. The van der Waals surface area contributed by atoms with Crippen molar-refractivity contribution in [2.75, 3.05) is 51.3 Å². The molecule has 2 aromatic heterocycles. The summed E-state index contributed by atoms with van der Waals surface area (Å²) in [5.74, 6) is 2.39. The number of aliphatic hydroxyl groups excluding tert-OH is 1. The monoisotopic (exact) mass is 692 g/mol. The molecule has 4 atom stereocenters. The topological polar surface area (TPSA) is 144 Å². The molecule has 5 aromatic rings. The lowest BCUT2D eigenvalue weighted by Crippen LogP contribution is -2.52. The molecule has 13 heteroatoms. The van der Waals surface area contributed by atoms with Gasteiger partial charge in [-0.05, 0) is 53.9 Å². The number of H-pyrrole nitrogens is 1. The Morgan fingerprint density at radius 3 is 2.14 bits per heavy atom. The predicted molar refractivity (Wildman–Crippen MR) is 191 cm³/mol. The van der Waals surface area contributed by atoms with E-state index in [2.05, 4.69) is 9.97 Å². The first-order chi connectivity index (χ1) is 24.6. The summed E-state index contributed by atoms with van der Waals surface area (Å²) in [7, 11) is 6.92. The number of benzene rings is 3. The largest absolute Gasteiger partial charge is 0.497 e. The van der Waals surface area contributed by atoms with Crippen LogP contribution in [0, 0.1) is 6.92 Å². The average Bonchev–Trinajstić information content (AvgIpc) is 3.60. The minimum Gasteiger partial charge on any atom is -0.497 e. The van der Waals surface area contributed by atoms with E-state index in [0.29, 0.717) is 28.8 Å². The van der Waals surface area contributed by atoms with Crippen LogP contribution >= 0.6 is 0 Å². The fourth-order valence-corrected chi connectivity index (χ4v) is 7.11. The molecule has 2 fully saturated rings. The number of aromatic nitrogens is 4. The van der Waals surface area contributed by atoms with E-state index in [1.807, 2.05) is 97.9 Å². The summed E-state index contributed by atoms with van der Waals surface area (Å²) in [6.45, 7) is 1.69. The number of nitrogens with zero attached hydrogens (tertiary/aromatic N) is 5. The SMILES string of the molecule is COc1ccc(C(OC[C@@]23CN(c4ccnc(N(C)C)n4)[C@@H]([C@H](n4cc(C)c(=O)[nH]c4=O)O2)[C@@H]3O)(c2ccccc2)c2ccc(OC)cc2)cc1. The molecular formula is C38H40N6O7. The van der Waals surface area contributed by atoms with E-state index in [1.54, 1.807) is 38.3 Å². The summed E-state index contributed by atoms with van der Waals surface area (Å²) in [6, 6.07) is 26.2. The highest BCUT2D eigenvalue weighted by atomic mass is 16.6. The number of aliphatic hydroxyl groups is 1. The molecule has 51 heavy (non-hydrogen) atoms. The second kappa shape index (κ2) is 13.3. The third-order valence-electron chi connectivity index (χ3n) is 9.76. The Morgan fingerprint density at radius 1 is 0.941 bits per heavy atom. The summed E-state index contributed by atoms with van der Waals surface area (Å²) in [4.78, 5) is 40.9. The molecule has 0 aliphatic carbocycles. The Morgan fingerprint density at radius 2 is 1.55 bits per heavy atom. The van der Waals surface area contributed by atoms with Gasteiger partial charge < -0.3 is 33.9 Å². The zero-order chi connectivity index (χ0) is 35.9. The molecule has 0 spiro atoms. The van der Waals surface area contributed by atoms with Crippen molar-refractivity contribution in [1.82, 2.24) is 19.5 Å². The zero-order valence-corrected chi connectivity index (χ0v) is 29.0. The predicted octanol–water partition coefficient (Wildman–Crippen LogP) is 3.24. The van der Waals surface area contributed by atoms with Crippen molar-refractivity contribution < 1.29 is 24.1 Å². The van der Waals surface area contributed by atoms with E-state index >= 15 is 0 Å². The highest BCUT2D eigenvalue weighted by molar-refractivity contribution is 5.51. The second-order valence-electron chi connectivity index (χ2n) is 13.0. The first-order valence-corrected chi connectivity index (χ1v) is 16.5. The van der Waals surface area contributed by atoms with Crippen LogP contribution in [-0.4, -0.2) is 83.8 Å². The smallest absolute Gasteiger partial charge is 0.330 e. The molecule has 0 amide bonds. The van der Waals surface area contributed by atoms with Crippen LogP contribution < -0.4 is 30.5 Å². The second-order valence-corrected chi connectivity index (χ2v) is 13.0. The molecule has 3 aromatic carbocycles. The molecular weight excluding hydrogens is 652 g/mol. The lowest BCUT2D eigenvalue weighted by atomic mass is 9.79. The van der Waals surface area contributed by atoms with Crippen LogP contribution in [0.4, 0.5) is 11.8 Å². The van der Waals surface area contributed by atoms with Gasteiger partial charge in [0.15, 0.2) is 6.23 Å². The molecule has 7 rings (SSSR count). The molecule has 4 heterocycles. The summed E-state index contributed by atoms with van der Waals surface area (Å²) >= 11 is 0. The minimum atomic E-state index is -1.35. The van der Waals surface area contributed by atoms with Crippen LogP contribution in [0.1, 0.15) is 28.5 Å². The lowest BCUT2D eigenvalue weighted by Gasteiger charge is -2.41. The maximum Gasteiger partial charge on any atom is 0.330 e. The molecule has 2 N–H and O–H groups in total. The third-order valence-corrected chi connectivity index (χ3v) is 9.76. The van der Waals surface area contributed by atoms with E-state index in [0.717, 1.165) is 16.7 Å². The van der Waals surface area contributed by atoms with Gasteiger partial charge in [-0.3, -0.25) is 14.3 Å². The average molecular weight is 693 g/mol. The van der Waals surface area contributed by atoms with Gasteiger partial charge >= 0.3 is 5.69 Å². The van der Waals surface area contributed by atoms with E-state index in [4.69, 9.17) is 23.9 Å². The highest BCUT2D eigenvalue weighted by Gasteiger charge is 2.65. The minimum absolute atomic E-state index is 0.104. The van der Waals surface area contributed by atoms with Gasteiger partial charge in [-0.25, -0.2) is 9.78 Å². The third kappa shape index (κ3) is 5.82. The van der Waals surface area contributed by atoms with Crippen LogP contribution in [0.5, 0.6) is 11.5 Å². The Labute approximate surface area is 294 Å². The first kappa shape index (κ1) is 34.0. The van der Waals surface area contributed by atoms with Crippen LogP contribution in [0.25, 0.3) is 0 Å². The van der Waals surface area contributed by atoms with Crippen LogP contribution in [0.2, 0.25) is 0 Å². The van der Waals surface area contributed by atoms with Gasteiger partial charge in [0.05, 0.1) is 27.4 Å². The maximum absolute atomic E-state index is 13.3. The quantitative estimate of drug-likeness (QED) is 0.197. The number of aromatic amines is 1. The van der Waals surface area contributed by atoms with Gasteiger partial charge in [-0.15, -0.1) is 0 Å². The number of methoxy groups -OCH3 is 2. The van der Waals surface area contributed by atoms with Crippen LogP contribution in [0.15, 0.2) is 107 Å². The van der Waals surface area contributed by atoms with E-state index in [-0.39, 0.29) is 13.2 Å². The highest BCUT2D eigenvalue weighted by Crippen LogP contribution is 2.50. The number of hydrogen-bond donors (Lipinski definition) is 2. The fourth-order valence-electron chi connectivity index (χ4n) is 7.11. The maximum atomic E-state index is 13.3. The number of fused-ring (bicyclic) bond motifs is 2.